The minimum atomic E-state index is -0.375. The zero-order chi connectivity index (χ0) is 27.9. The third-order valence-electron chi connectivity index (χ3n) is 6.40. The maximum atomic E-state index is 12.3. The Kier molecular flexibility index (Phi) is 8.29. The maximum Gasteiger partial charge on any atom is 0.248 e. The number of aromatic nitrogens is 2. The number of anilines is 2. The van der Waals surface area contributed by atoms with E-state index < -0.39 is 0 Å². The Labute approximate surface area is 233 Å². The fourth-order valence-corrected chi connectivity index (χ4v) is 4.47. The van der Waals surface area contributed by atoms with Crippen molar-refractivity contribution >= 4 is 28.5 Å². The molecule has 0 aliphatic rings. The average Bonchev–Trinajstić information content (AvgIpc) is 3.37. The van der Waals surface area contributed by atoms with Crippen LogP contribution in [0.25, 0.3) is 33.6 Å². The van der Waals surface area contributed by atoms with Crippen LogP contribution in [0.2, 0.25) is 0 Å². The second-order valence-corrected chi connectivity index (χ2v) is 9.60. The van der Waals surface area contributed by atoms with E-state index in [0.29, 0.717) is 34.9 Å². The largest absolute Gasteiger partial charge is 0.437 e. The highest BCUT2D eigenvalue weighted by molar-refractivity contribution is 6.06. The summed E-state index contributed by atoms with van der Waals surface area (Å²) in [4.78, 5) is 23.3. The standard InChI is InChI=1S/C32H31N5O3/c1-37(2)19-9-14-27(39)35-25-17-15-23(16-18-25)28-29-31(36-26(20-38)22-10-5-3-6-11-22)33-21-34-32(29)40-30(28)24-12-7-4-8-13-24/h3-18,21,26,38H,19-20H2,1-2H3,(H,35,39)(H,33,34,36). The van der Waals surface area contributed by atoms with Gasteiger partial charge in [-0.25, -0.2) is 9.97 Å². The Bertz CT molecular complexity index is 1600. The Balaban J connectivity index is 1.55. The molecule has 1 atom stereocenters. The van der Waals surface area contributed by atoms with E-state index in [0.717, 1.165) is 22.3 Å². The minimum Gasteiger partial charge on any atom is -0.437 e. The van der Waals surface area contributed by atoms with E-state index in [1.54, 1.807) is 0 Å². The second-order valence-electron chi connectivity index (χ2n) is 9.60. The molecule has 0 spiro atoms. The molecule has 0 bridgehead atoms. The van der Waals surface area contributed by atoms with Gasteiger partial charge >= 0.3 is 0 Å². The predicted molar refractivity (Wildman–Crippen MR) is 159 cm³/mol. The number of fused-ring (bicyclic) bond motifs is 1. The quantitative estimate of drug-likeness (QED) is 0.196. The van der Waals surface area contributed by atoms with Crippen molar-refractivity contribution in [1.29, 1.82) is 0 Å². The summed E-state index contributed by atoms with van der Waals surface area (Å²) in [5, 5.41) is 17.2. The monoisotopic (exact) mass is 533 g/mol. The van der Waals surface area contributed by atoms with Crippen LogP contribution >= 0.6 is 0 Å². The summed E-state index contributed by atoms with van der Waals surface area (Å²) in [6.07, 6.45) is 4.80. The lowest BCUT2D eigenvalue weighted by atomic mass is 9.98. The molecular weight excluding hydrogens is 502 g/mol. The first-order valence-corrected chi connectivity index (χ1v) is 13.0. The highest BCUT2D eigenvalue weighted by Gasteiger charge is 2.23. The van der Waals surface area contributed by atoms with Crippen LogP contribution in [-0.2, 0) is 4.79 Å². The molecule has 0 radical (unpaired) electrons. The molecule has 0 aliphatic carbocycles. The number of carbonyl (C=O) groups excluding carboxylic acids is 1. The summed E-state index contributed by atoms with van der Waals surface area (Å²) in [5.74, 6) is 1.02. The van der Waals surface area contributed by atoms with Crippen LogP contribution < -0.4 is 10.6 Å². The van der Waals surface area contributed by atoms with Gasteiger partial charge in [0.15, 0.2) is 0 Å². The third kappa shape index (κ3) is 6.09. The molecular formula is C32H31N5O3. The molecule has 3 N–H and O–H groups in total. The van der Waals surface area contributed by atoms with E-state index in [9.17, 15) is 9.90 Å². The maximum absolute atomic E-state index is 12.3. The number of carbonyl (C=O) groups is 1. The van der Waals surface area contributed by atoms with Crippen LogP contribution in [0.15, 0.2) is 108 Å². The van der Waals surface area contributed by atoms with Crippen LogP contribution in [-0.4, -0.2) is 53.1 Å². The number of nitrogens with one attached hydrogen (secondary N) is 2. The van der Waals surface area contributed by atoms with E-state index in [1.807, 2.05) is 110 Å². The number of nitrogens with zero attached hydrogens (tertiary/aromatic N) is 3. The van der Waals surface area contributed by atoms with Crippen molar-refractivity contribution in [3.63, 3.8) is 0 Å². The Hall–Kier alpha value is -4.79. The number of rotatable bonds is 10. The van der Waals surface area contributed by atoms with Gasteiger partial charge in [0.2, 0.25) is 11.6 Å². The zero-order valence-electron chi connectivity index (χ0n) is 22.4. The van der Waals surface area contributed by atoms with Gasteiger partial charge in [0.25, 0.3) is 0 Å². The number of hydrogen-bond donors (Lipinski definition) is 3. The van der Waals surface area contributed by atoms with E-state index in [-0.39, 0.29) is 18.6 Å². The molecule has 8 heteroatoms. The smallest absolute Gasteiger partial charge is 0.248 e. The van der Waals surface area contributed by atoms with Gasteiger partial charge in [-0.1, -0.05) is 78.9 Å². The average molecular weight is 534 g/mol. The number of likely N-dealkylation sites (N-methyl/N-ethyl adjacent to an activating group) is 1. The Morgan fingerprint density at radius 3 is 2.33 bits per heavy atom. The summed E-state index contributed by atoms with van der Waals surface area (Å²) in [7, 11) is 3.89. The number of furan rings is 1. The number of aliphatic hydroxyl groups excluding tert-OH is 1. The van der Waals surface area contributed by atoms with E-state index in [4.69, 9.17) is 4.42 Å². The normalized spacial score (nSPS) is 12.2. The molecule has 0 fully saturated rings. The number of amides is 1. The van der Waals surface area contributed by atoms with Crippen LogP contribution in [0.1, 0.15) is 11.6 Å². The van der Waals surface area contributed by atoms with E-state index in [2.05, 4.69) is 20.6 Å². The van der Waals surface area contributed by atoms with Crippen LogP contribution in [0.3, 0.4) is 0 Å². The van der Waals surface area contributed by atoms with Crippen molar-refractivity contribution in [2.24, 2.45) is 0 Å². The molecule has 1 amide bonds. The molecule has 1 unspecified atom stereocenters. The highest BCUT2D eigenvalue weighted by Crippen LogP contribution is 2.43. The molecule has 0 aliphatic heterocycles. The summed E-state index contributed by atoms with van der Waals surface area (Å²) in [6, 6.07) is 26.8. The molecule has 0 saturated heterocycles. The Morgan fingerprint density at radius 1 is 0.950 bits per heavy atom. The number of aliphatic hydroxyl groups is 1. The number of hydrogen-bond acceptors (Lipinski definition) is 7. The van der Waals surface area contributed by atoms with E-state index >= 15 is 0 Å². The first-order valence-electron chi connectivity index (χ1n) is 13.0. The van der Waals surface area contributed by atoms with E-state index in [1.165, 1.54) is 12.4 Å². The molecule has 5 aromatic rings. The van der Waals surface area contributed by atoms with Gasteiger partial charge in [0.05, 0.1) is 18.0 Å². The summed E-state index contributed by atoms with van der Waals surface area (Å²) >= 11 is 0. The fraction of sp³-hybridized carbons (Fsp3) is 0.156. The first-order chi connectivity index (χ1) is 19.5. The predicted octanol–water partition coefficient (Wildman–Crippen LogP) is 5.76. The van der Waals surface area contributed by atoms with Gasteiger partial charge in [-0.05, 0) is 37.4 Å². The van der Waals surface area contributed by atoms with Crippen LogP contribution in [0, 0.1) is 0 Å². The summed E-state index contributed by atoms with van der Waals surface area (Å²) < 4.78 is 6.32. The molecule has 2 aromatic heterocycles. The molecule has 0 saturated carbocycles. The SMILES string of the molecule is CN(C)CC=CC(=O)Nc1ccc(-c2c(-c3ccccc3)oc3ncnc(NC(CO)c4ccccc4)c23)cc1. The van der Waals surface area contributed by atoms with Crippen molar-refractivity contribution in [2.75, 3.05) is 37.9 Å². The van der Waals surface area contributed by atoms with Crippen molar-refractivity contribution in [1.82, 2.24) is 14.9 Å². The molecule has 5 rings (SSSR count). The topological polar surface area (TPSA) is 104 Å². The second kappa shape index (κ2) is 12.4. The van der Waals surface area contributed by atoms with Crippen molar-refractivity contribution in [2.45, 2.75) is 6.04 Å². The lowest BCUT2D eigenvalue weighted by Gasteiger charge is -2.18. The van der Waals surface area contributed by atoms with Gasteiger partial charge in [-0.15, -0.1) is 0 Å². The van der Waals surface area contributed by atoms with Gasteiger partial charge in [-0.3, -0.25) is 4.79 Å². The number of benzene rings is 3. The van der Waals surface area contributed by atoms with Gasteiger partial charge < -0.3 is 25.1 Å². The molecule has 8 nitrogen and oxygen atoms in total. The molecule has 2 heterocycles. The summed E-state index contributed by atoms with van der Waals surface area (Å²) in [6.45, 7) is 0.563. The first kappa shape index (κ1) is 26.8. The molecule has 202 valence electrons. The summed E-state index contributed by atoms with van der Waals surface area (Å²) in [5.41, 5.74) is 4.63. The van der Waals surface area contributed by atoms with Gasteiger partial charge in [-0.2, -0.15) is 0 Å². The highest BCUT2D eigenvalue weighted by atomic mass is 16.3. The fourth-order valence-electron chi connectivity index (χ4n) is 4.47. The third-order valence-corrected chi connectivity index (χ3v) is 6.40. The molecule has 40 heavy (non-hydrogen) atoms. The minimum absolute atomic E-state index is 0.119. The Morgan fingerprint density at radius 2 is 1.65 bits per heavy atom. The zero-order valence-corrected chi connectivity index (χ0v) is 22.4. The van der Waals surface area contributed by atoms with Crippen molar-refractivity contribution in [3.8, 4) is 22.5 Å². The van der Waals surface area contributed by atoms with Gasteiger partial charge in [0.1, 0.15) is 17.9 Å². The molecule has 3 aromatic carbocycles. The van der Waals surface area contributed by atoms with Crippen molar-refractivity contribution in [3.05, 3.63) is 109 Å². The van der Waals surface area contributed by atoms with Crippen LogP contribution in [0.5, 0.6) is 0 Å². The van der Waals surface area contributed by atoms with Crippen molar-refractivity contribution < 1.29 is 14.3 Å². The van der Waals surface area contributed by atoms with Gasteiger partial charge in [0, 0.05) is 29.4 Å². The lowest BCUT2D eigenvalue weighted by Crippen LogP contribution is -2.15. The lowest BCUT2D eigenvalue weighted by molar-refractivity contribution is -0.111. The van der Waals surface area contributed by atoms with Crippen LogP contribution in [0.4, 0.5) is 11.5 Å².